The van der Waals surface area contributed by atoms with Crippen LogP contribution in [0.3, 0.4) is 0 Å². The molecule has 0 aliphatic carbocycles. The molecule has 0 amide bonds. The second-order valence-electron chi connectivity index (χ2n) is 2.64. The quantitative estimate of drug-likeness (QED) is 0.770. The molecule has 1 aromatic heterocycles. The number of hydrogen-bond donors (Lipinski definition) is 2. The number of carbonyl (C=O) groups is 1. The van der Waals surface area contributed by atoms with Gasteiger partial charge in [0.1, 0.15) is 6.54 Å². The van der Waals surface area contributed by atoms with Gasteiger partial charge in [0.05, 0.1) is 11.2 Å². The smallest absolute Gasteiger partial charge is 0.318 e. The lowest BCUT2D eigenvalue weighted by molar-refractivity contribution is -0.135. The molecule has 0 bridgehead atoms. The van der Waals surface area contributed by atoms with E-state index in [9.17, 15) is 13.2 Å². The normalized spacial score (nSPS) is 11.5. The maximum absolute atomic E-state index is 11.5. The number of sulfonamides is 1. The summed E-state index contributed by atoms with van der Waals surface area (Å²) in [6.07, 6.45) is 1.88. The van der Waals surface area contributed by atoms with Gasteiger partial charge in [0.25, 0.3) is 10.0 Å². The van der Waals surface area contributed by atoms with Crippen molar-refractivity contribution in [3.63, 3.8) is 0 Å². The summed E-state index contributed by atoms with van der Waals surface area (Å²) in [5, 5.41) is 9.04. The zero-order valence-electron chi connectivity index (χ0n) is 7.93. The Kier molecular flexibility index (Phi) is 3.77. The van der Waals surface area contributed by atoms with Crippen LogP contribution in [0.4, 0.5) is 0 Å². The Bertz CT molecular complexity index is 451. The first-order valence-electron chi connectivity index (χ1n) is 4.12. The molecule has 0 aliphatic heterocycles. The predicted octanol–water partition coefficient (Wildman–Crippen LogP) is 0.0684. The van der Waals surface area contributed by atoms with Crippen molar-refractivity contribution in [3.05, 3.63) is 11.2 Å². The Morgan fingerprint density at radius 1 is 1.67 bits per heavy atom. The molecule has 0 spiro atoms. The van der Waals surface area contributed by atoms with E-state index in [4.69, 9.17) is 5.11 Å². The number of nitrogens with zero attached hydrogens (tertiary/aromatic N) is 1. The average molecular weight is 250 g/mol. The molecule has 8 heteroatoms. The maximum atomic E-state index is 11.5. The molecule has 2 N–H and O–H groups in total. The van der Waals surface area contributed by atoms with Gasteiger partial charge in [-0.25, -0.2) is 13.4 Å². The largest absolute Gasteiger partial charge is 0.480 e. The molecule has 15 heavy (non-hydrogen) atoms. The summed E-state index contributed by atoms with van der Waals surface area (Å²) in [6, 6.07) is 0. The lowest BCUT2D eigenvalue weighted by Crippen LogP contribution is -2.28. The summed E-state index contributed by atoms with van der Waals surface area (Å²) in [7, 11) is -3.72. The van der Waals surface area contributed by atoms with Crippen molar-refractivity contribution in [3.8, 4) is 0 Å². The van der Waals surface area contributed by atoms with Gasteiger partial charge in [-0.2, -0.15) is 4.72 Å². The molecule has 1 rings (SSSR count). The number of carboxylic acid groups (broad SMARTS) is 1. The molecule has 0 saturated heterocycles. The van der Waals surface area contributed by atoms with E-state index in [-0.39, 0.29) is 4.21 Å². The Morgan fingerprint density at radius 2 is 2.33 bits per heavy atom. The van der Waals surface area contributed by atoms with E-state index in [0.29, 0.717) is 11.4 Å². The highest BCUT2D eigenvalue weighted by molar-refractivity contribution is 7.91. The molecule has 0 unspecified atom stereocenters. The van der Waals surface area contributed by atoms with E-state index < -0.39 is 22.5 Å². The second kappa shape index (κ2) is 4.69. The van der Waals surface area contributed by atoms with Crippen LogP contribution in [-0.2, 0) is 21.2 Å². The molecule has 0 aliphatic rings. The van der Waals surface area contributed by atoms with Crippen LogP contribution in [-0.4, -0.2) is 31.0 Å². The van der Waals surface area contributed by atoms with Gasteiger partial charge in [-0.3, -0.25) is 4.79 Å². The molecule has 0 atom stereocenters. The minimum atomic E-state index is -3.72. The molecule has 0 fully saturated rings. The number of aliphatic carboxylic acids is 1. The molecular weight excluding hydrogens is 240 g/mol. The Hall–Kier alpha value is -0.990. The van der Waals surface area contributed by atoms with Gasteiger partial charge >= 0.3 is 5.97 Å². The van der Waals surface area contributed by atoms with Crippen molar-refractivity contribution in [1.82, 2.24) is 9.71 Å². The number of hydrogen-bond acceptors (Lipinski definition) is 5. The molecule has 1 heterocycles. The molecular formula is C7H10N2O4S2. The summed E-state index contributed by atoms with van der Waals surface area (Å²) in [5.74, 6) is -1.22. The van der Waals surface area contributed by atoms with Crippen molar-refractivity contribution in [2.45, 2.75) is 17.6 Å². The fourth-order valence-electron chi connectivity index (χ4n) is 0.809. The third-order valence-electron chi connectivity index (χ3n) is 1.51. The standard InChI is InChI=1S/C7H10N2O4S2/c1-2-5-8-4-7(14-5)15(12,13)9-3-6(10)11/h4,9H,2-3H2,1H3,(H,10,11). The SMILES string of the molecule is CCc1ncc(S(=O)(=O)NCC(=O)O)s1. The molecule has 0 radical (unpaired) electrons. The van der Waals surface area contributed by atoms with E-state index in [1.807, 2.05) is 11.6 Å². The first-order chi connectivity index (χ1) is 6.95. The van der Waals surface area contributed by atoms with Crippen LogP contribution < -0.4 is 4.72 Å². The Balaban J connectivity index is 2.81. The van der Waals surface area contributed by atoms with E-state index in [2.05, 4.69) is 4.98 Å². The van der Waals surface area contributed by atoms with Gasteiger partial charge in [-0.15, -0.1) is 11.3 Å². The van der Waals surface area contributed by atoms with Crippen LogP contribution in [0, 0.1) is 0 Å². The summed E-state index contributed by atoms with van der Waals surface area (Å²) in [5.41, 5.74) is 0. The maximum Gasteiger partial charge on any atom is 0.318 e. The van der Waals surface area contributed by atoms with Crippen LogP contribution in [0.1, 0.15) is 11.9 Å². The summed E-state index contributed by atoms with van der Waals surface area (Å²) in [4.78, 5) is 14.1. The van der Waals surface area contributed by atoms with E-state index in [0.717, 1.165) is 11.3 Å². The van der Waals surface area contributed by atoms with Gasteiger partial charge in [0.15, 0.2) is 4.21 Å². The fourth-order valence-corrected chi connectivity index (χ4v) is 2.95. The zero-order chi connectivity index (χ0) is 11.5. The lowest BCUT2D eigenvalue weighted by atomic mass is 10.5. The van der Waals surface area contributed by atoms with Crippen LogP contribution in [0.2, 0.25) is 0 Å². The number of nitrogens with one attached hydrogen (secondary N) is 1. The van der Waals surface area contributed by atoms with Gasteiger partial charge in [-0.05, 0) is 6.42 Å². The van der Waals surface area contributed by atoms with E-state index in [1.54, 1.807) is 0 Å². The highest BCUT2D eigenvalue weighted by Crippen LogP contribution is 2.18. The fraction of sp³-hybridized carbons (Fsp3) is 0.429. The molecule has 1 aromatic rings. The highest BCUT2D eigenvalue weighted by Gasteiger charge is 2.18. The molecule has 84 valence electrons. The second-order valence-corrected chi connectivity index (χ2v) is 5.75. The van der Waals surface area contributed by atoms with E-state index in [1.165, 1.54) is 6.20 Å². The van der Waals surface area contributed by atoms with Crippen molar-refractivity contribution in [1.29, 1.82) is 0 Å². The van der Waals surface area contributed by atoms with Gasteiger partial charge in [0.2, 0.25) is 0 Å². The highest BCUT2D eigenvalue weighted by atomic mass is 32.2. The van der Waals surface area contributed by atoms with Gasteiger partial charge in [0, 0.05) is 0 Å². The summed E-state index contributed by atoms with van der Waals surface area (Å²) < 4.78 is 24.9. The Morgan fingerprint density at radius 3 is 2.80 bits per heavy atom. The number of aromatic nitrogens is 1. The van der Waals surface area contributed by atoms with Crippen molar-refractivity contribution < 1.29 is 18.3 Å². The third kappa shape index (κ3) is 3.26. The zero-order valence-corrected chi connectivity index (χ0v) is 9.56. The first-order valence-corrected chi connectivity index (χ1v) is 6.42. The van der Waals surface area contributed by atoms with Crippen molar-refractivity contribution >= 4 is 27.3 Å². The monoisotopic (exact) mass is 250 g/mol. The number of rotatable bonds is 5. The van der Waals surface area contributed by atoms with Crippen LogP contribution in [0.25, 0.3) is 0 Å². The van der Waals surface area contributed by atoms with Crippen molar-refractivity contribution in [2.75, 3.05) is 6.54 Å². The minimum absolute atomic E-state index is 0.0422. The van der Waals surface area contributed by atoms with Crippen molar-refractivity contribution in [2.24, 2.45) is 0 Å². The molecule has 0 saturated carbocycles. The van der Waals surface area contributed by atoms with Crippen LogP contribution in [0.5, 0.6) is 0 Å². The number of carboxylic acids is 1. The molecule has 6 nitrogen and oxygen atoms in total. The first kappa shape index (κ1) is 12.1. The summed E-state index contributed by atoms with van der Waals surface area (Å²) in [6.45, 7) is 1.24. The number of aryl methyl sites for hydroxylation is 1. The minimum Gasteiger partial charge on any atom is -0.480 e. The third-order valence-corrected chi connectivity index (χ3v) is 4.52. The van der Waals surface area contributed by atoms with Gasteiger partial charge in [-0.1, -0.05) is 6.92 Å². The van der Waals surface area contributed by atoms with E-state index >= 15 is 0 Å². The topological polar surface area (TPSA) is 96.4 Å². The molecule has 0 aromatic carbocycles. The number of thiazole rings is 1. The van der Waals surface area contributed by atoms with Crippen LogP contribution in [0.15, 0.2) is 10.4 Å². The Labute approximate surface area is 91.0 Å². The van der Waals surface area contributed by atoms with Gasteiger partial charge < -0.3 is 5.11 Å². The summed E-state index contributed by atoms with van der Waals surface area (Å²) >= 11 is 1.04. The van der Waals surface area contributed by atoms with Crippen LogP contribution >= 0.6 is 11.3 Å². The predicted molar refractivity (Wildman–Crippen MR) is 54.3 cm³/mol. The lowest BCUT2D eigenvalue weighted by Gasteiger charge is -1.99. The average Bonchev–Trinajstić information content (AvgIpc) is 2.63.